The number of carbonyl (C=O) groups is 1. The van der Waals surface area contributed by atoms with E-state index in [1.807, 2.05) is 0 Å². The number of hydrogen-bond donors (Lipinski definition) is 1. The minimum Gasteiger partial charge on any atom is -0.463 e. The van der Waals surface area contributed by atoms with Gasteiger partial charge in [-0.15, -0.1) is 17.0 Å². The lowest BCUT2D eigenvalue weighted by molar-refractivity contribution is -0.146. The van der Waals surface area contributed by atoms with Crippen LogP contribution in [0.25, 0.3) is 0 Å². The second kappa shape index (κ2) is 24.2. The third kappa shape index (κ3) is 22.4. The van der Waals surface area contributed by atoms with Crippen molar-refractivity contribution in [3.63, 3.8) is 0 Å². The van der Waals surface area contributed by atoms with Crippen molar-refractivity contribution in [2.75, 3.05) is 6.54 Å². The monoisotopic (exact) mass is 477 g/mol. The van der Waals surface area contributed by atoms with Crippen LogP contribution in [-0.4, -0.2) is 24.7 Å². The topological polar surface area (TPSA) is 38.3 Å². The number of unbranched alkanes of at least 4 members (excludes halogenated alkanes) is 10. The van der Waals surface area contributed by atoms with E-state index in [1.54, 1.807) is 0 Å². The van der Waals surface area contributed by atoms with Gasteiger partial charge >= 0.3 is 5.97 Å². The first-order chi connectivity index (χ1) is 13.6. The molecule has 1 unspecified atom stereocenters. The zero-order valence-corrected chi connectivity index (χ0v) is 21.8. The van der Waals surface area contributed by atoms with Gasteiger partial charge < -0.3 is 10.1 Å². The molecule has 0 aromatic carbocycles. The van der Waals surface area contributed by atoms with Gasteiger partial charge in [-0.25, -0.2) is 0 Å². The van der Waals surface area contributed by atoms with Crippen LogP contribution in [0.2, 0.25) is 0 Å². The summed E-state index contributed by atoms with van der Waals surface area (Å²) in [5.74, 6) is -0.144. The lowest BCUT2D eigenvalue weighted by Gasteiger charge is -2.21. The van der Waals surface area contributed by atoms with E-state index in [4.69, 9.17) is 4.74 Å². The minimum atomic E-state index is -0.144. The van der Waals surface area contributed by atoms with Gasteiger partial charge in [0.15, 0.2) is 0 Å². The van der Waals surface area contributed by atoms with Gasteiger partial charge in [-0.3, -0.25) is 4.79 Å². The summed E-state index contributed by atoms with van der Waals surface area (Å²) < 4.78 is 5.47. The van der Waals surface area contributed by atoms with Crippen LogP contribution in [0.3, 0.4) is 0 Å². The van der Waals surface area contributed by atoms with Gasteiger partial charge in [0.1, 0.15) is 6.10 Å². The Morgan fingerprint density at radius 1 is 0.690 bits per heavy atom. The standard InChI is InChI=1S/C25H51NO2.BrH/c1-5-8-10-12-14-16-19-24(20-17-15-13-11-9-6-2)26-22-21-25(18-7-3)28-23(4)27;/h24-26H,5-22H2,1-4H3;1H. The number of nitrogens with one attached hydrogen (secondary N) is 1. The van der Waals surface area contributed by atoms with E-state index < -0.39 is 0 Å². The molecule has 0 saturated heterocycles. The van der Waals surface area contributed by atoms with Crippen LogP contribution in [0.15, 0.2) is 0 Å². The number of rotatable bonds is 21. The Kier molecular flexibility index (Phi) is 25.9. The van der Waals surface area contributed by atoms with Crippen molar-refractivity contribution in [1.29, 1.82) is 0 Å². The third-order valence-corrected chi connectivity index (χ3v) is 5.65. The molecular weight excluding hydrogens is 426 g/mol. The van der Waals surface area contributed by atoms with Gasteiger partial charge in [-0.1, -0.05) is 104 Å². The Morgan fingerprint density at radius 3 is 1.62 bits per heavy atom. The van der Waals surface area contributed by atoms with Crippen molar-refractivity contribution in [2.45, 2.75) is 149 Å². The highest BCUT2D eigenvalue weighted by molar-refractivity contribution is 8.93. The highest BCUT2D eigenvalue weighted by Crippen LogP contribution is 2.15. The summed E-state index contributed by atoms with van der Waals surface area (Å²) in [6.07, 6.45) is 22.1. The zero-order chi connectivity index (χ0) is 20.9. The quantitative estimate of drug-likeness (QED) is 0.134. The van der Waals surface area contributed by atoms with E-state index in [0.717, 1.165) is 25.8 Å². The molecule has 1 N–H and O–H groups in total. The van der Waals surface area contributed by atoms with Gasteiger partial charge in [-0.2, -0.15) is 0 Å². The predicted molar refractivity (Wildman–Crippen MR) is 133 cm³/mol. The second-order valence-electron chi connectivity index (χ2n) is 8.57. The number of esters is 1. The summed E-state index contributed by atoms with van der Waals surface area (Å²) in [6, 6.07) is 0.636. The minimum absolute atomic E-state index is 0. The molecule has 0 amide bonds. The molecule has 176 valence electrons. The summed E-state index contributed by atoms with van der Waals surface area (Å²) >= 11 is 0. The number of hydrogen-bond acceptors (Lipinski definition) is 3. The fraction of sp³-hybridized carbons (Fsp3) is 0.960. The Balaban J connectivity index is 0. The molecule has 0 aromatic heterocycles. The van der Waals surface area contributed by atoms with Crippen molar-refractivity contribution in [1.82, 2.24) is 5.32 Å². The maximum atomic E-state index is 11.3. The Bertz CT molecular complexity index is 323. The molecule has 4 heteroatoms. The highest BCUT2D eigenvalue weighted by Gasteiger charge is 2.13. The number of halogens is 1. The summed E-state index contributed by atoms with van der Waals surface area (Å²) in [5.41, 5.74) is 0. The van der Waals surface area contributed by atoms with E-state index in [0.29, 0.717) is 6.04 Å². The van der Waals surface area contributed by atoms with Crippen molar-refractivity contribution in [3.8, 4) is 0 Å². The summed E-state index contributed by atoms with van der Waals surface area (Å²) in [7, 11) is 0. The Labute approximate surface area is 193 Å². The van der Waals surface area contributed by atoms with Crippen LogP contribution in [0.5, 0.6) is 0 Å². The lowest BCUT2D eigenvalue weighted by Crippen LogP contribution is -2.32. The molecule has 1 atom stereocenters. The first-order valence-corrected chi connectivity index (χ1v) is 12.5. The third-order valence-electron chi connectivity index (χ3n) is 5.65. The molecule has 0 radical (unpaired) electrons. The molecule has 0 aromatic rings. The maximum Gasteiger partial charge on any atom is 0.302 e. The van der Waals surface area contributed by atoms with Crippen molar-refractivity contribution >= 4 is 23.0 Å². The van der Waals surface area contributed by atoms with Crippen molar-refractivity contribution in [2.24, 2.45) is 0 Å². The fourth-order valence-electron chi connectivity index (χ4n) is 3.96. The maximum absolute atomic E-state index is 11.3. The van der Waals surface area contributed by atoms with Gasteiger partial charge in [0, 0.05) is 13.0 Å². The molecule has 0 aliphatic rings. The Hall–Kier alpha value is -0.0900. The van der Waals surface area contributed by atoms with Gasteiger partial charge in [0.25, 0.3) is 0 Å². The van der Waals surface area contributed by atoms with E-state index in [1.165, 1.54) is 96.8 Å². The first-order valence-electron chi connectivity index (χ1n) is 12.5. The van der Waals surface area contributed by atoms with Crippen LogP contribution < -0.4 is 5.32 Å². The summed E-state index contributed by atoms with van der Waals surface area (Å²) in [4.78, 5) is 11.3. The highest BCUT2D eigenvalue weighted by atomic mass is 79.9. The Morgan fingerprint density at radius 2 is 1.17 bits per heavy atom. The van der Waals surface area contributed by atoms with Crippen LogP contribution in [0, 0.1) is 0 Å². The van der Waals surface area contributed by atoms with Gasteiger partial charge in [-0.05, 0) is 32.2 Å². The number of carbonyl (C=O) groups excluding carboxylic acids is 1. The smallest absolute Gasteiger partial charge is 0.302 e. The number of ether oxygens (including phenoxy) is 1. The largest absolute Gasteiger partial charge is 0.463 e. The fourth-order valence-corrected chi connectivity index (χ4v) is 3.96. The lowest BCUT2D eigenvalue weighted by atomic mass is 9.99. The van der Waals surface area contributed by atoms with Crippen molar-refractivity contribution in [3.05, 3.63) is 0 Å². The molecule has 0 fully saturated rings. The van der Waals surface area contributed by atoms with Crippen molar-refractivity contribution < 1.29 is 9.53 Å². The van der Waals surface area contributed by atoms with Crippen LogP contribution in [0.1, 0.15) is 137 Å². The molecule has 3 nitrogen and oxygen atoms in total. The average Bonchev–Trinajstić information content (AvgIpc) is 2.66. The van der Waals surface area contributed by atoms with Gasteiger partial charge in [0.2, 0.25) is 0 Å². The molecule has 0 rings (SSSR count). The predicted octanol–water partition coefficient (Wildman–Crippen LogP) is 8.15. The summed E-state index contributed by atoms with van der Waals surface area (Å²) in [6.45, 7) is 9.21. The zero-order valence-electron chi connectivity index (χ0n) is 20.1. The average molecular weight is 479 g/mol. The molecule has 0 bridgehead atoms. The molecule has 0 heterocycles. The molecule has 0 saturated carbocycles. The van der Waals surface area contributed by atoms with E-state index in [-0.39, 0.29) is 29.1 Å². The normalized spacial score (nSPS) is 12.0. The molecular formula is C25H52BrNO2. The molecule has 0 aliphatic heterocycles. The second-order valence-corrected chi connectivity index (χ2v) is 8.57. The summed E-state index contributed by atoms with van der Waals surface area (Å²) in [5, 5.41) is 3.79. The van der Waals surface area contributed by atoms with Crippen LogP contribution in [0.4, 0.5) is 0 Å². The SMILES string of the molecule is Br.CCCCCCCCC(CCCCCCCC)NCCC(CCC)OC(C)=O. The van der Waals surface area contributed by atoms with Crippen LogP contribution >= 0.6 is 17.0 Å². The van der Waals surface area contributed by atoms with E-state index in [9.17, 15) is 4.79 Å². The van der Waals surface area contributed by atoms with E-state index in [2.05, 4.69) is 26.1 Å². The van der Waals surface area contributed by atoms with Crippen LogP contribution in [-0.2, 0) is 9.53 Å². The van der Waals surface area contributed by atoms with Gasteiger partial charge in [0.05, 0.1) is 0 Å². The molecule has 29 heavy (non-hydrogen) atoms. The first kappa shape index (κ1) is 31.1. The molecule has 0 spiro atoms. The van der Waals surface area contributed by atoms with E-state index >= 15 is 0 Å². The molecule has 0 aliphatic carbocycles.